The molecule has 13 aromatic rings. The van der Waals surface area contributed by atoms with Gasteiger partial charge in [0.05, 0.1) is 55.0 Å². The Morgan fingerprint density at radius 2 is 0.891 bits per heavy atom. The molecule has 0 saturated carbocycles. The summed E-state index contributed by atoms with van der Waals surface area (Å²) >= 11 is 3.61. The summed E-state index contributed by atoms with van der Waals surface area (Å²) in [7, 11) is 0. The SMILES string of the molecule is [C-]#[N+]c1c(-c2ccc(C)cc2)c(C#N)c(-n2c3ccccc3c3ccccc32)c(-c2ccc(C)cc2)c1-n1c2c(ccc3c4ccccc4sc32)c2ccc3c4ccccc4sc3c21. The zero-order valence-electron chi connectivity index (χ0n) is 34.8. The predicted molar refractivity (Wildman–Crippen MR) is 272 cm³/mol. The molecule has 0 atom stereocenters. The third-order valence-corrected chi connectivity index (χ3v) is 15.5. The van der Waals surface area contributed by atoms with Crippen LogP contribution in [0.5, 0.6) is 0 Å². The lowest BCUT2D eigenvalue weighted by Crippen LogP contribution is -2.09. The highest BCUT2D eigenvalue weighted by Crippen LogP contribution is 2.55. The Hall–Kier alpha value is -8.00. The average Bonchev–Trinajstić information content (AvgIpc) is 4.09. The number of benzene rings is 9. The van der Waals surface area contributed by atoms with Gasteiger partial charge >= 0.3 is 0 Å². The third-order valence-electron chi connectivity index (χ3n) is 13.1. The second-order valence-corrected chi connectivity index (χ2v) is 18.8. The van der Waals surface area contributed by atoms with Gasteiger partial charge < -0.3 is 9.13 Å². The minimum atomic E-state index is 0.440. The van der Waals surface area contributed by atoms with Crippen molar-refractivity contribution < 1.29 is 0 Å². The smallest absolute Gasteiger partial charge is 0.220 e. The first-order chi connectivity index (χ1) is 31.5. The van der Waals surface area contributed by atoms with Gasteiger partial charge in [-0.1, -0.05) is 157 Å². The zero-order chi connectivity index (χ0) is 42.8. The van der Waals surface area contributed by atoms with Crippen LogP contribution in [-0.2, 0) is 0 Å². The Morgan fingerprint density at radius 1 is 0.453 bits per heavy atom. The molecule has 0 bridgehead atoms. The molecule has 4 nitrogen and oxygen atoms in total. The van der Waals surface area contributed by atoms with E-state index in [0.717, 1.165) is 92.2 Å². The van der Waals surface area contributed by atoms with Crippen molar-refractivity contribution in [1.82, 2.24) is 9.13 Å². The van der Waals surface area contributed by atoms with Crippen molar-refractivity contribution in [3.8, 4) is 39.7 Å². The van der Waals surface area contributed by atoms with Crippen LogP contribution in [-0.4, -0.2) is 9.13 Å². The lowest BCUT2D eigenvalue weighted by Gasteiger charge is -2.26. The minimum Gasteiger partial charge on any atom is -0.316 e. The molecular formula is C58H34N4S2. The van der Waals surface area contributed by atoms with Crippen LogP contribution in [0.4, 0.5) is 5.69 Å². The van der Waals surface area contributed by atoms with Gasteiger partial charge in [-0.2, -0.15) is 5.26 Å². The number of aryl methyl sites for hydroxylation is 2. The van der Waals surface area contributed by atoms with Crippen molar-refractivity contribution >= 4 is 112 Å². The van der Waals surface area contributed by atoms with Gasteiger partial charge in [0.25, 0.3) is 0 Å². The lowest BCUT2D eigenvalue weighted by atomic mass is 9.88. The molecule has 298 valence electrons. The Labute approximate surface area is 376 Å². The van der Waals surface area contributed by atoms with Gasteiger partial charge in [-0.15, -0.1) is 22.7 Å². The van der Waals surface area contributed by atoms with Crippen LogP contribution < -0.4 is 0 Å². The highest BCUT2D eigenvalue weighted by atomic mass is 32.1. The van der Waals surface area contributed by atoms with Gasteiger partial charge in [-0.05, 0) is 49.2 Å². The van der Waals surface area contributed by atoms with E-state index in [1.54, 1.807) is 22.7 Å². The van der Waals surface area contributed by atoms with E-state index in [1.807, 2.05) is 0 Å². The van der Waals surface area contributed by atoms with E-state index in [2.05, 4.69) is 204 Å². The number of nitriles is 1. The minimum absolute atomic E-state index is 0.440. The van der Waals surface area contributed by atoms with Gasteiger partial charge in [-0.3, -0.25) is 0 Å². The van der Waals surface area contributed by atoms with E-state index in [-0.39, 0.29) is 0 Å². The van der Waals surface area contributed by atoms with E-state index in [9.17, 15) is 11.8 Å². The van der Waals surface area contributed by atoms with Crippen LogP contribution >= 0.6 is 22.7 Å². The van der Waals surface area contributed by atoms with Crippen molar-refractivity contribution in [1.29, 1.82) is 5.26 Å². The summed E-state index contributed by atoms with van der Waals surface area (Å²) in [6.45, 7) is 13.6. The summed E-state index contributed by atoms with van der Waals surface area (Å²) in [5, 5.41) is 21.1. The summed E-state index contributed by atoms with van der Waals surface area (Å²) in [6.07, 6.45) is 0. The molecule has 0 radical (unpaired) electrons. The lowest BCUT2D eigenvalue weighted by molar-refractivity contribution is 1.14. The Morgan fingerprint density at radius 3 is 1.38 bits per heavy atom. The summed E-state index contributed by atoms with van der Waals surface area (Å²) in [5.41, 5.74) is 12.0. The molecule has 0 spiro atoms. The summed E-state index contributed by atoms with van der Waals surface area (Å²) in [4.78, 5) is 4.62. The quantitative estimate of drug-likeness (QED) is 0.163. The Kier molecular flexibility index (Phi) is 7.87. The molecule has 13 rings (SSSR count). The molecule has 0 aliphatic carbocycles. The van der Waals surface area contributed by atoms with E-state index >= 15 is 0 Å². The first kappa shape index (κ1) is 36.6. The van der Waals surface area contributed by atoms with Crippen LogP contribution in [0, 0.1) is 31.8 Å². The molecule has 0 aliphatic heterocycles. The van der Waals surface area contributed by atoms with Crippen molar-refractivity contribution in [3.63, 3.8) is 0 Å². The largest absolute Gasteiger partial charge is 0.316 e. The van der Waals surface area contributed by atoms with E-state index in [0.29, 0.717) is 16.8 Å². The zero-order valence-corrected chi connectivity index (χ0v) is 36.4. The van der Waals surface area contributed by atoms with Gasteiger partial charge in [0.1, 0.15) is 6.07 Å². The van der Waals surface area contributed by atoms with E-state index in [4.69, 9.17) is 0 Å². The fourth-order valence-electron chi connectivity index (χ4n) is 10.3. The first-order valence-corrected chi connectivity index (χ1v) is 23.0. The normalized spacial score (nSPS) is 11.9. The van der Waals surface area contributed by atoms with Gasteiger partial charge in [0.15, 0.2) is 0 Å². The molecule has 9 aromatic carbocycles. The second kappa shape index (κ2) is 13.8. The number of nitrogens with zero attached hydrogens (tertiary/aromatic N) is 4. The number of rotatable bonds is 4. The van der Waals surface area contributed by atoms with Crippen molar-refractivity contribution in [2.45, 2.75) is 13.8 Å². The molecule has 4 aromatic heterocycles. The monoisotopic (exact) mass is 850 g/mol. The standard InChI is InChI=1S/C58H34N4S2/c1-33-20-24-35(25-21-33)50-45(32-59)53(61-46-16-8-4-12-37(46)38-13-5-9-17-47(38)61)51(36-26-22-34(2)23-27-36)56(52(50)60-3)62-54-41(28-30-43-39-14-6-10-18-48(39)63-57(43)54)42-29-31-44-40-15-7-11-19-49(40)64-58(44)55(42)62/h4-31H,1-2H3. The number of aromatic nitrogens is 2. The van der Waals surface area contributed by atoms with Gasteiger partial charge in [-0.25, -0.2) is 4.85 Å². The van der Waals surface area contributed by atoms with E-state index < -0.39 is 0 Å². The van der Waals surface area contributed by atoms with Crippen LogP contribution in [0.1, 0.15) is 16.7 Å². The Bertz CT molecular complexity index is 4040. The fourth-order valence-corrected chi connectivity index (χ4v) is 12.8. The molecule has 0 N–H and O–H groups in total. The summed E-state index contributed by atoms with van der Waals surface area (Å²) in [5.74, 6) is 0. The van der Waals surface area contributed by atoms with Crippen LogP contribution in [0.15, 0.2) is 170 Å². The number of thiophene rings is 2. The third kappa shape index (κ3) is 5.01. The number of para-hydroxylation sites is 2. The number of hydrogen-bond acceptors (Lipinski definition) is 3. The van der Waals surface area contributed by atoms with Gasteiger partial charge in [0.2, 0.25) is 5.69 Å². The maximum absolute atomic E-state index is 11.8. The Balaban J connectivity index is 1.37. The average molecular weight is 851 g/mol. The van der Waals surface area contributed by atoms with Crippen molar-refractivity contribution in [2.24, 2.45) is 0 Å². The van der Waals surface area contributed by atoms with Crippen LogP contribution in [0.25, 0.3) is 122 Å². The molecule has 0 amide bonds. The predicted octanol–water partition coefficient (Wildman–Crippen LogP) is 17.0. The first-order valence-electron chi connectivity index (χ1n) is 21.4. The van der Waals surface area contributed by atoms with Crippen LogP contribution in [0.3, 0.4) is 0 Å². The second-order valence-electron chi connectivity index (χ2n) is 16.7. The highest BCUT2D eigenvalue weighted by molar-refractivity contribution is 7.27. The topological polar surface area (TPSA) is 38.0 Å². The maximum atomic E-state index is 11.8. The summed E-state index contributed by atoms with van der Waals surface area (Å²) in [6, 6.07) is 63.2. The molecule has 64 heavy (non-hydrogen) atoms. The molecule has 4 heterocycles. The fraction of sp³-hybridized carbons (Fsp3) is 0.0345. The number of fused-ring (bicyclic) bond motifs is 14. The van der Waals surface area contributed by atoms with E-state index in [1.165, 1.54) is 30.9 Å². The molecule has 0 fully saturated rings. The highest BCUT2D eigenvalue weighted by Gasteiger charge is 2.33. The summed E-state index contributed by atoms with van der Waals surface area (Å²) < 4.78 is 9.49. The molecule has 0 aliphatic rings. The number of hydrogen-bond donors (Lipinski definition) is 0. The molecule has 6 heteroatoms. The molecule has 0 unspecified atom stereocenters. The van der Waals surface area contributed by atoms with Crippen molar-refractivity contribution in [3.05, 3.63) is 198 Å². The van der Waals surface area contributed by atoms with Gasteiger partial charge in [0, 0.05) is 63.6 Å². The van der Waals surface area contributed by atoms with Crippen molar-refractivity contribution in [2.75, 3.05) is 0 Å². The molecular weight excluding hydrogens is 817 g/mol. The van der Waals surface area contributed by atoms with Crippen LogP contribution in [0.2, 0.25) is 0 Å². The molecule has 0 saturated heterocycles. The maximum Gasteiger partial charge on any atom is 0.220 e.